The molecule has 1 aliphatic carbocycles. The Kier molecular flexibility index (Phi) is 9.58. The molecule has 3 rings (SSSR count). The van der Waals surface area contributed by atoms with Gasteiger partial charge in [0.1, 0.15) is 5.75 Å². The highest BCUT2D eigenvalue weighted by Gasteiger charge is 2.34. The van der Waals surface area contributed by atoms with Gasteiger partial charge in [-0.1, -0.05) is 37.3 Å². The molecular weight excluding hydrogens is 407 g/mol. The summed E-state index contributed by atoms with van der Waals surface area (Å²) >= 11 is 6.23. The molecule has 0 spiro atoms. The van der Waals surface area contributed by atoms with Crippen molar-refractivity contribution in [3.8, 4) is 5.75 Å². The molecule has 1 aliphatic heterocycles. The Hall–Kier alpha value is -0.970. The van der Waals surface area contributed by atoms with Crippen LogP contribution < -0.4 is 4.74 Å². The Labute approximate surface area is 187 Å². The highest BCUT2D eigenvalue weighted by molar-refractivity contribution is 6.32. The number of hydrogen-bond donors (Lipinski definition) is 0. The summed E-state index contributed by atoms with van der Waals surface area (Å²) in [6.45, 7) is 6.38. The van der Waals surface area contributed by atoms with Crippen molar-refractivity contribution in [1.29, 1.82) is 0 Å². The molecular formula is C23H36Cl2N2O2. The van der Waals surface area contributed by atoms with Gasteiger partial charge in [0.25, 0.3) is 5.91 Å². The molecule has 29 heavy (non-hydrogen) atoms. The van der Waals surface area contributed by atoms with Gasteiger partial charge in [0.05, 0.1) is 0 Å². The Morgan fingerprint density at radius 1 is 1.07 bits per heavy atom. The van der Waals surface area contributed by atoms with Gasteiger partial charge in [-0.3, -0.25) is 9.69 Å². The highest BCUT2D eigenvalue weighted by Crippen LogP contribution is 2.29. The van der Waals surface area contributed by atoms with Crippen molar-refractivity contribution >= 4 is 29.9 Å². The third-order valence-corrected chi connectivity index (χ3v) is 7.06. The normalized spacial score (nSPS) is 23.0. The number of amides is 1. The van der Waals surface area contributed by atoms with Crippen molar-refractivity contribution in [3.63, 3.8) is 0 Å². The average molecular weight is 443 g/mol. The van der Waals surface area contributed by atoms with Crippen LogP contribution >= 0.6 is 24.0 Å². The van der Waals surface area contributed by atoms with Crippen molar-refractivity contribution in [3.05, 3.63) is 28.3 Å². The van der Waals surface area contributed by atoms with Gasteiger partial charge in [-0.2, -0.15) is 0 Å². The zero-order chi connectivity index (χ0) is 20.1. The van der Waals surface area contributed by atoms with Crippen LogP contribution in [0.25, 0.3) is 0 Å². The Morgan fingerprint density at radius 3 is 2.28 bits per heavy atom. The third-order valence-electron chi connectivity index (χ3n) is 6.47. The summed E-state index contributed by atoms with van der Waals surface area (Å²) < 4.78 is 5.83. The second-order valence-electron chi connectivity index (χ2n) is 8.53. The Balaban J connectivity index is 0.00000300. The number of rotatable bonds is 5. The topological polar surface area (TPSA) is 32.8 Å². The SMILES string of the molecule is Cc1cc(OCC(=O)N(C)[C@@H]2CCCC[C@H]2N2CCCCCC2)cc(C)c1Cl.Cl. The maximum atomic E-state index is 12.9. The van der Waals surface area contributed by atoms with E-state index in [9.17, 15) is 4.79 Å². The number of halogens is 2. The van der Waals surface area contributed by atoms with Crippen LogP contribution in [0.2, 0.25) is 5.02 Å². The zero-order valence-electron chi connectivity index (χ0n) is 18.1. The van der Waals surface area contributed by atoms with Gasteiger partial charge < -0.3 is 9.64 Å². The predicted molar refractivity (Wildman–Crippen MR) is 123 cm³/mol. The molecule has 164 valence electrons. The lowest BCUT2D eigenvalue weighted by Gasteiger charge is -2.43. The van der Waals surface area contributed by atoms with Gasteiger partial charge >= 0.3 is 0 Å². The first kappa shape index (κ1) is 24.3. The number of hydrogen-bond acceptors (Lipinski definition) is 3. The Bertz CT molecular complexity index is 652. The summed E-state index contributed by atoms with van der Waals surface area (Å²) in [4.78, 5) is 17.5. The standard InChI is InChI=1S/C23H35ClN2O2.ClH/c1-17-14-19(15-18(2)23(17)24)28-16-22(27)25(3)20-10-6-7-11-21(20)26-12-8-4-5-9-13-26;/h14-15,20-21H,4-13,16H2,1-3H3;1H/t20-,21-;/m1./s1. The van der Waals surface area contributed by atoms with Crippen molar-refractivity contribution in [1.82, 2.24) is 9.80 Å². The monoisotopic (exact) mass is 442 g/mol. The van der Waals surface area contributed by atoms with Gasteiger partial charge in [0, 0.05) is 24.2 Å². The van der Waals surface area contributed by atoms with Crippen LogP contribution in [-0.4, -0.2) is 54.5 Å². The van der Waals surface area contributed by atoms with Crippen LogP contribution in [0, 0.1) is 13.8 Å². The van der Waals surface area contributed by atoms with E-state index in [2.05, 4.69) is 4.90 Å². The van der Waals surface area contributed by atoms with Crippen LogP contribution in [0.15, 0.2) is 12.1 Å². The molecule has 0 bridgehead atoms. The van der Waals surface area contributed by atoms with Crippen LogP contribution in [0.4, 0.5) is 0 Å². The number of carbonyl (C=O) groups excluding carboxylic acids is 1. The van der Waals surface area contributed by atoms with E-state index in [1.165, 1.54) is 58.0 Å². The number of likely N-dealkylation sites (N-methyl/N-ethyl adjacent to an activating group) is 1. The van der Waals surface area contributed by atoms with Gasteiger partial charge in [0.15, 0.2) is 6.61 Å². The van der Waals surface area contributed by atoms with E-state index in [1.807, 2.05) is 37.9 Å². The molecule has 1 saturated heterocycles. The Morgan fingerprint density at radius 2 is 1.66 bits per heavy atom. The molecule has 1 heterocycles. The lowest BCUT2D eigenvalue weighted by molar-refractivity contribution is -0.136. The fraction of sp³-hybridized carbons (Fsp3) is 0.696. The minimum absolute atomic E-state index is 0. The lowest BCUT2D eigenvalue weighted by Crippen LogP contribution is -2.54. The van der Waals surface area contributed by atoms with E-state index in [1.54, 1.807) is 0 Å². The average Bonchev–Trinajstić information content (AvgIpc) is 2.99. The maximum Gasteiger partial charge on any atom is 0.260 e. The fourth-order valence-corrected chi connectivity index (χ4v) is 4.93. The highest BCUT2D eigenvalue weighted by atomic mass is 35.5. The van der Waals surface area contributed by atoms with Crippen molar-refractivity contribution < 1.29 is 9.53 Å². The summed E-state index contributed by atoms with van der Waals surface area (Å²) in [6.07, 6.45) is 10.1. The van der Waals surface area contributed by atoms with Gasteiger partial charge in [0.2, 0.25) is 0 Å². The molecule has 1 aromatic carbocycles. The number of benzene rings is 1. The molecule has 0 radical (unpaired) electrons. The second kappa shape index (κ2) is 11.4. The van der Waals surface area contributed by atoms with Gasteiger partial charge in [-0.05, 0) is 75.9 Å². The molecule has 2 atom stereocenters. The van der Waals surface area contributed by atoms with Crippen molar-refractivity contribution in [2.45, 2.75) is 77.3 Å². The van der Waals surface area contributed by atoms with Crippen molar-refractivity contribution in [2.75, 3.05) is 26.7 Å². The molecule has 2 fully saturated rings. The molecule has 1 amide bonds. The van der Waals surface area contributed by atoms with Gasteiger partial charge in [-0.25, -0.2) is 0 Å². The molecule has 2 aliphatic rings. The summed E-state index contributed by atoms with van der Waals surface area (Å²) in [5.74, 6) is 0.783. The van der Waals surface area contributed by atoms with Gasteiger partial charge in [-0.15, -0.1) is 12.4 Å². The summed E-state index contributed by atoms with van der Waals surface area (Å²) in [7, 11) is 1.96. The van der Waals surface area contributed by atoms with E-state index in [0.29, 0.717) is 17.8 Å². The third kappa shape index (κ3) is 6.26. The molecule has 1 aromatic rings. The molecule has 4 nitrogen and oxygen atoms in total. The van der Waals surface area contributed by atoms with E-state index in [-0.39, 0.29) is 24.9 Å². The summed E-state index contributed by atoms with van der Waals surface area (Å²) in [5, 5.41) is 0.762. The fourth-order valence-electron chi connectivity index (χ4n) is 4.82. The molecule has 0 aromatic heterocycles. The van der Waals surface area contributed by atoms with Crippen LogP contribution in [0.3, 0.4) is 0 Å². The first-order valence-corrected chi connectivity index (χ1v) is 11.2. The zero-order valence-corrected chi connectivity index (χ0v) is 19.7. The number of ether oxygens (including phenoxy) is 1. The number of nitrogens with zero attached hydrogens (tertiary/aromatic N) is 2. The summed E-state index contributed by atoms with van der Waals surface area (Å²) in [6, 6.07) is 4.62. The van der Waals surface area contributed by atoms with Crippen molar-refractivity contribution in [2.24, 2.45) is 0 Å². The van der Waals surface area contributed by atoms with E-state index in [0.717, 1.165) is 22.6 Å². The van der Waals surface area contributed by atoms with E-state index in [4.69, 9.17) is 16.3 Å². The lowest BCUT2D eigenvalue weighted by atomic mass is 9.88. The number of likely N-dealkylation sites (tertiary alicyclic amines) is 1. The van der Waals surface area contributed by atoms with Crippen LogP contribution in [0.1, 0.15) is 62.5 Å². The number of carbonyl (C=O) groups is 1. The maximum absolute atomic E-state index is 12.9. The largest absolute Gasteiger partial charge is 0.484 e. The first-order chi connectivity index (χ1) is 13.5. The molecule has 6 heteroatoms. The number of aryl methyl sites for hydroxylation is 2. The minimum atomic E-state index is 0. The minimum Gasteiger partial charge on any atom is -0.484 e. The molecule has 0 N–H and O–H groups in total. The smallest absolute Gasteiger partial charge is 0.260 e. The van der Waals surface area contributed by atoms with E-state index < -0.39 is 0 Å². The first-order valence-electron chi connectivity index (χ1n) is 10.9. The molecule has 0 unspecified atom stereocenters. The van der Waals surface area contributed by atoms with E-state index >= 15 is 0 Å². The quantitative estimate of drug-likeness (QED) is 0.611. The second-order valence-corrected chi connectivity index (χ2v) is 8.91. The van der Waals surface area contributed by atoms with Crippen LogP contribution in [0.5, 0.6) is 5.75 Å². The molecule has 1 saturated carbocycles. The predicted octanol–water partition coefficient (Wildman–Crippen LogP) is 5.40. The summed E-state index contributed by atoms with van der Waals surface area (Å²) in [5.41, 5.74) is 1.96. The van der Waals surface area contributed by atoms with Crippen LogP contribution in [-0.2, 0) is 4.79 Å².